The summed E-state index contributed by atoms with van der Waals surface area (Å²) in [7, 11) is 4.20. The van der Waals surface area contributed by atoms with Crippen LogP contribution in [0.2, 0.25) is 0 Å². The zero-order valence-corrected chi connectivity index (χ0v) is 30.3. The number of nitrogens with one attached hydrogen (secondary N) is 1. The van der Waals surface area contributed by atoms with Gasteiger partial charge in [-0.05, 0) is 91.8 Å². The molecule has 2 aromatic rings. The lowest BCUT2D eigenvalue weighted by Gasteiger charge is -2.62. The van der Waals surface area contributed by atoms with Crippen molar-refractivity contribution < 1.29 is 25.0 Å². The third kappa shape index (κ3) is 7.92. The number of carbonyl (C=O) groups excluding carboxylic acids is 1. The van der Waals surface area contributed by atoms with E-state index in [1.807, 2.05) is 24.3 Å². The van der Waals surface area contributed by atoms with E-state index in [0.717, 1.165) is 29.7 Å². The standard InChI is InChI=1S/C39H60N4O5/c1-24(2)34(22-41(7)8)42(20-29-13-10-14-31(46)16-29)19-27-11-9-12-28(15-27)21-43-37(36(26(4)45)35(23-44)48-43)38(47)40-33-18-30-17-32(25(33)3)39(30,5)6/h9-16,24-26,30,32-37,44-46H,17-23H2,1-8H3,(H,40,47)/t25-,26-,30-,32+,33-,34+,35-,36+,37-/m0/s1. The lowest BCUT2D eigenvalue weighted by atomic mass is 9.45. The van der Waals surface area contributed by atoms with Crippen LogP contribution in [-0.4, -0.2) is 93.7 Å². The monoisotopic (exact) mass is 664 g/mol. The fourth-order valence-corrected chi connectivity index (χ4v) is 9.03. The van der Waals surface area contributed by atoms with Gasteiger partial charge in [0.25, 0.3) is 0 Å². The molecule has 0 aromatic heterocycles. The molecule has 9 nitrogen and oxygen atoms in total. The average Bonchev–Trinajstić information content (AvgIpc) is 3.39. The molecule has 1 amide bonds. The number of aliphatic hydroxyl groups is 2. The molecule has 266 valence electrons. The summed E-state index contributed by atoms with van der Waals surface area (Å²) in [5.74, 6) is 1.57. The number of phenols is 1. The number of amides is 1. The summed E-state index contributed by atoms with van der Waals surface area (Å²) < 4.78 is 0. The van der Waals surface area contributed by atoms with Gasteiger partial charge in [-0.3, -0.25) is 14.5 Å². The Morgan fingerprint density at radius 2 is 1.69 bits per heavy atom. The van der Waals surface area contributed by atoms with Gasteiger partial charge in [-0.2, -0.15) is 5.06 Å². The number of rotatable bonds is 14. The van der Waals surface area contributed by atoms with E-state index in [2.05, 4.69) is 82.0 Å². The highest BCUT2D eigenvalue weighted by molar-refractivity contribution is 5.82. The van der Waals surface area contributed by atoms with Crippen LogP contribution in [0.15, 0.2) is 48.5 Å². The summed E-state index contributed by atoms with van der Waals surface area (Å²) in [6.45, 7) is 15.5. The van der Waals surface area contributed by atoms with Crippen LogP contribution >= 0.6 is 0 Å². The van der Waals surface area contributed by atoms with Crippen LogP contribution in [0.25, 0.3) is 0 Å². The van der Waals surface area contributed by atoms with Gasteiger partial charge in [-0.15, -0.1) is 0 Å². The molecule has 3 saturated carbocycles. The molecule has 0 radical (unpaired) electrons. The van der Waals surface area contributed by atoms with E-state index in [-0.39, 0.29) is 30.3 Å². The summed E-state index contributed by atoms with van der Waals surface area (Å²) in [4.78, 5) is 25.0. The van der Waals surface area contributed by atoms with E-state index in [9.17, 15) is 20.1 Å². The number of likely N-dealkylation sites (N-methyl/N-ethyl adjacent to an activating group) is 1. The molecule has 4 fully saturated rings. The number of hydrogen-bond donors (Lipinski definition) is 4. The highest BCUT2D eigenvalue weighted by atomic mass is 16.7. The van der Waals surface area contributed by atoms with Gasteiger partial charge >= 0.3 is 0 Å². The third-order valence-electron chi connectivity index (χ3n) is 11.9. The molecule has 1 saturated heterocycles. The summed E-state index contributed by atoms with van der Waals surface area (Å²) in [6, 6.07) is 15.5. The van der Waals surface area contributed by atoms with Crippen LogP contribution < -0.4 is 5.32 Å². The lowest BCUT2D eigenvalue weighted by molar-refractivity contribution is -0.183. The predicted octanol–water partition coefficient (Wildman–Crippen LogP) is 4.64. The maximum absolute atomic E-state index is 14.1. The number of phenolic OH excluding ortho intramolecular Hbond substituents is 1. The largest absolute Gasteiger partial charge is 0.508 e. The number of hydroxylamine groups is 2. The number of aromatic hydroxyl groups is 1. The molecule has 4 N–H and O–H groups in total. The molecule has 1 aliphatic heterocycles. The first-order chi connectivity index (χ1) is 22.7. The van der Waals surface area contributed by atoms with Gasteiger partial charge in [-0.1, -0.05) is 71.0 Å². The van der Waals surface area contributed by atoms with Crippen molar-refractivity contribution in [3.63, 3.8) is 0 Å². The van der Waals surface area contributed by atoms with Gasteiger partial charge in [0.2, 0.25) is 5.91 Å². The SMILES string of the molecule is CC(C)[C@@H](CN(C)C)N(Cc1cccc(O)c1)Cc1cccc(CN2O[C@@H](CO)[C@@H]([C@H](C)O)[C@H]2C(=O)N[C@H]2C[C@@H]3C[C@H]([C@@H]2C)C3(C)C)c1. The zero-order valence-electron chi connectivity index (χ0n) is 30.3. The molecule has 0 unspecified atom stereocenters. The van der Waals surface area contributed by atoms with Crippen LogP contribution in [0, 0.1) is 35.0 Å². The van der Waals surface area contributed by atoms with Crippen molar-refractivity contribution in [2.24, 2.45) is 35.0 Å². The molecule has 0 spiro atoms. The normalized spacial score (nSPS) is 29.6. The van der Waals surface area contributed by atoms with Crippen molar-refractivity contribution in [1.29, 1.82) is 0 Å². The number of carbonyl (C=O) groups is 1. The van der Waals surface area contributed by atoms with Crippen LogP contribution in [0.5, 0.6) is 5.75 Å². The molecule has 1 heterocycles. The smallest absolute Gasteiger partial charge is 0.240 e. The van der Waals surface area contributed by atoms with E-state index in [1.165, 1.54) is 6.42 Å². The summed E-state index contributed by atoms with van der Waals surface area (Å²) in [5.41, 5.74) is 3.51. The van der Waals surface area contributed by atoms with Gasteiger partial charge in [0.1, 0.15) is 17.9 Å². The van der Waals surface area contributed by atoms with Crippen LogP contribution in [0.1, 0.15) is 71.1 Å². The Balaban J connectivity index is 1.36. The van der Waals surface area contributed by atoms with Crippen molar-refractivity contribution in [1.82, 2.24) is 20.2 Å². The molecule has 3 aliphatic carbocycles. The minimum absolute atomic E-state index is 0.0934. The fraction of sp³-hybridized carbons (Fsp3) is 0.667. The van der Waals surface area contributed by atoms with E-state index < -0.39 is 24.2 Å². The first-order valence-electron chi connectivity index (χ1n) is 18.0. The van der Waals surface area contributed by atoms with E-state index in [1.54, 1.807) is 18.1 Å². The second-order valence-electron chi connectivity index (χ2n) is 16.2. The Bertz CT molecular complexity index is 1380. The highest BCUT2D eigenvalue weighted by Gasteiger charge is 2.57. The maximum atomic E-state index is 14.1. The van der Waals surface area contributed by atoms with Crippen molar-refractivity contribution in [2.75, 3.05) is 27.2 Å². The van der Waals surface area contributed by atoms with E-state index in [0.29, 0.717) is 48.7 Å². The minimum Gasteiger partial charge on any atom is -0.508 e. The van der Waals surface area contributed by atoms with Crippen molar-refractivity contribution in [3.8, 4) is 5.75 Å². The maximum Gasteiger partial charge on any atom is 0.240 e. The number of nitrogens with zero attached hydrogens (tertiary/aromatic N) is 3. The number of benzene rings is 2. The van der Waals surface area contributed by atoms with Gasteiger partial charge < -0.3 is 25.5 Å². The first kappa shape index (κ1) is 36.7. The van der Waals surface area contributed by atoms with Gasteiger partial charge in [0.05, 0.1) is 19.3 Å². The molecular weight excluding hydrogens is 604 g/mol. The van der Waals surface area contributed by atoms with Gasteiger partial charge in [0, 0.05) is 37.6 Å². The van der Waals surface area contributed by atoms with Crippen LogP contribution in [-0.2, 0) is 29.3 Å². The molecular formula is C39H60N4O5. The molecule has 2 bridgehead atoms. The average molecular weight is 665 g/mol. The molecule has 6 rings (SSSR count). The lowest BCUT2D eigenvalue weighted by Crippen LogP contribution is -2.62. The van der Waals surface area contributed by atoms with Crippen molar-refractivity contribution in [2.45, 2.75) is 104 Å². The van der Waals surface area contributed by atoms with Crippen molar-refractivity contribution >= 4 is 5.91 Å². The van der Waals surface area contributed by atoms with E-state index >= 15 is 0 Å². The molecule has 48 heavy (non-hydrogen) atoms. The summed E-state index contributed by atoms with van der Waals surface area (Å²) in [6.07, 6.45) is 0.701. The number of hydrogen-bond acceptors (Lipinski definition) is 8. The Morgan fingerprint density at radius 1 is 1.04 bits per heavy atom. The van der Waals surface area contributed by atoms with Crippen LogP contribution in [0.4, 0.5) is 0 Å². The quantitative estimate of drug-likeness (QED) is 0.232. The molecule has 9 heteroatoms. The summed E-state index contributed by atoms with van der Waals surface area (Å²) >= 11 is 0. The number of fused-ring (bicyclic) bond motifs is 2. The van der Waals surface area contributed by atoms with E-state index in [4.69, 9.17) is 4.84 Å². The molecule has 4 aliphatic rings. The Kier molecular flexibility index (Phi) is 11.6. The Hall–Kier alpha value is -2.53. The Labute approximate surface area is 288 Å². The first-order valence-corrected chi connectivity index (χ1v) is 18.0. The van der Waals surface area contributed by atoms with Gasteiger partial charge in [0.15, 0.2) is 0 Å². The Morgan fingerprint density at radius 3 is 2.25 bits per heavy atom. The van der Waals surface area contributed by atoms with Gasteiger partial charge in [-0.25, -0.2) is 0 Å². The molecule has 2 aromatic carbocycles. The topological polar surface area (TPSA) is 109 Å². The number of aliphatic hydroxyl groups excluding tert-OH is 2. The summed E-state index contributed by atoms with van der Waals surface area (Å²) in [5, 5.41) is 36.3. The minimum atomic E-state index is -0.832. The van der Waals surface area contributed by atoms with Crippen LogP contribution in [0.3, 0.4) is 0 Å². The third-order valence-corrected chi connectivity index (χ3v) is 11.9. The predicted molar refractivity (Wildman–Crippen MR) is 189 cm³/mol. The second kappa shape index (κ2) is 15.2. The molecule has 9 atom stereocenters. The zero-order chi connectivity index (χ0) is 34.9. The fourth-order valence-electron chi connectivity index (χ4n) is 9.03. The highest BCUT2D eigenvalue weighted by Crippen LogP contribution is 2.61. The van der Waals surface area contributed by atoms with Crippen molar-refractivity contribution in [3.05, 3.63) is 65.2 Å². The second-order valence-corrected chi connectivity index (χ2v) is 16.2.